The van der Waals surface area contributed by atoms with Crippen LogP contribution >= 0.6 is 0 Å². The average Bonchev–Trinajstić information content (AvgIpc) is 2.45. The maximum atomic E-state index is 13.6. The van der Waals surface area contributed by atoms with Crippen molar-refractivity contribution in [3.05, 3.63) is 36.2 Å². The lowest BCUT2D eigenvalue weighted by molar-refractivity contribution is 0.366. The SMILES string of the molecule is C=CCC(CC(C)(C)[S+](N)[O-])c1c(OC)cc(F)cc1OC. The van der Waals surface area contributed by atoms with Crippen LogP contribution in [0.15, 0.2) is 24.8 Å². The number of rotatable bonds is 8. The number of halogens is 1. The fraction of sp³-hybridized carbons (Fsp3) is 0.500. The van der Waals surface area contributed by atoms with Crippen LogP contribution < -0.4 is 14.6 Å². The largest absolute Gasteiger partial charge is 0.598 e. The quantitative estimate of drug-likeness (QED) is 0.587. The Hall–Kier alpha value is -1.24. The summed E-state index contributed by atoms with van der Waals surface area (Å²) in [5, 5.41) is 5.58. The Balaban J connectivity index is 3.34. The van der Waals surface area contributed by atoms with Crippen molar-refractivity contribution >= 4 is 11.4 Å². The molecule has 0 aliphatic carbocycles. The molecule has 0 fully saturated rings. The summed E-state index contributed by atoms with van der Waals surface area (Å²) in [5.74, 6) is 0.284. The predicted octanol–water partition coefficient (Wildman–Crippen LogP) is 3.29. The normalized spacial score (nSPS) is 14.3. The van der Waals surface area contributed by atoms with Gasteiger partial charge < -0.3 is 14.0 Å². The van der Waals surface area contributed by atoms with E-state index in [1.165, 1.54) is 26.4 Å². The van der Waals surface area contributed by atoms with Crippen LogP contribution in [-0.4, -0.2) is 23.5 Å². The molecule has 1 rings (SSSR count). The molecular weight excluding hydrogens is 305 g/mol. The highest BCUT2D eigenvalue weighted by atomic mass is 32.2. The van der Waals surface area contributed by atoms with E-state index in [4.69, 9.17) is 14.6 Å². The van der Waals surface area contributed by atoms with Crippen LogP contribution in [-0.2, 0) is 11.4 Å². The number of nitrogens with two attached hydrogens (primary N) is 1. The summed E-state index contributed by atoms with van der Waals surface area (Å²) in [6.45, 7) is 7.44. The van der Waals surface area contributed by atoms with Crippen LogP contribution in [0.25, 0.3) is 0 Å². The van der Waals surface area contributed by atoms with E-state index in [-0.39, 0.29) is 5.92 Å². The third-order valence-electron chi connectivity index (χ3n) is 3.65. The van der Waals surface area contributed by atoms with Crippen LogP contribution in [0.1, 0.15) is 38.2 Å². The summed E-state index contributed by atoms with van der Waals surface area (Å²) < 4.78 is 35.4. The Bertz CT molecular complexity index is 495. The summed E-state index contributed by atoms with van der Waals surface area (Å²) >= 11 is -1.49. The molecule has 0 aliphatic rings. The third-order valence-corrected chi connectivity index (χ3v) is 4.91. The van der Waals surface area contributed by atoms with Gasteiger partial charge in [-0.3, -0.25) is 0 Å². The molecule has 1 aromatic rings. The Kier molecular flexibility index (Phi) is 6.71. The van der Waals surface area contributed by atoms with E-state index in [0.717, 1.165) is 5.56 Å². The van der Waals surface area contributed by atoms with Gasteiger partial charge in [-0.1, -0.05) is 6.08 Å². The summed E-state index contributed by atoms with van der Waals surface area (Å²) in [6, 6.07) is 2.64. The van der Waals surface area contributed by atoms with Gasteiger partial charge in [0.25, 0.3) is 0 Å². The molecule has 0 amide bonds. The van der Waals surface area contributed by atoms with Crippen LogP contribution in [0.5, 0.6) is 11.5 Å². The van der Waals surface area contributed by atoms with Gasteiger partial charge in [0.2, 0.25) is 0 Å². The lowest BCUT2D eigenvalue weighted by atomic mass is 9.86. The van der Waals surface area contributed by atoms with E-state index in [2.05, 4.69) is 6.58 Å². The molecule has 2 unspecified atom stereocenters. The van der Waals surface area contributed by atoms with E-state index in [0.29, 0.717) is 24.3 Å². The van der Waals surface area contributed by atoms with Crippen molar-refractivity contribution in [3.63, 3.8) is 0 Å². The fourth-order valence-electron chi connectivity index (χ4n) is 2.49. The van der Waals surface area contributed by atoms with Crippen molar-refractivity contribution in [2.75, 3.05) is 14.2 Å². The second-order valence-corrected chi connectivity index (χ2v) is 7.41. The molecule has 22 heavy (non-hydrogen) atoms. The molecule has 2 N–H and O–H groups in total. The minimum atomic E-state index is -1.49. The maximum Gasteiger partial charge on any atom is 0.140 e. The fourth-order valence-corrected chi connectivity index (χ4v) is 2.85. The Labute approximate surface area is 134 Å². The highest BCUT2D eigenvalue weighted by Gasteiger charge is 2.35. The molecule has 0 spiro atoms. The van der Waals surface area contributed by atoms with Gasteiger partial charge in [0.1, 0.15) is 22.1 Å². The molecule has 124 valence electrons. The number of ether oxygens (including phenoxy) is 2. The molecular formula is C16H24FNO3S. The summed E-state index contributed by atoms with van der Waals surface area (Å²) in [4.78, 5) is 0. The Morgan fingerprint density at radius 2 is 1.86 bits per heavy atom. The monoisotopic (exact) mass is 329 g/mol. The standard InChI is InChI=1S/C16H24FNO3S/c1-6-7-11(10-16(2,3)22(18)19)15-13(20-4)8-12(17)9-14(15)21-5/h6,8-9,11H,1,7,10,18H2,2-5H3. The van der Waals surface area contributed by atoms with E-state index >= 15 is 0 Å². The van der Waals surface area contributed by atoms with Crippen molar-refractivity contribution in [2.45, 2.75) is 37.4 Å². The predicted molar refractivity (Wildman–Crippen MR) is 88.1 cm³/mol. The molecule has 1 aromatic carbocycles. The zero-order chi connectivity index (χ0) is 16.9. The van der Waals surface area contributed by atoms with E-state index in [1.54, 1.807) is 6.08 Å². The van der Waals surface area contributed by atoms with Crippen molar-refractivity contribution < 1.29 is 18.4 Å². The van der Waals surface area contributed by atoms with Gasteiger partial charge >= 0.3 is 0 Å². The number of allylic oxidation sites excluding steroid dienone is 1. The minimum Gasteiger partial charge on any atom is -0.598 e. The zero-order valence-electron chi connectivity index (χ0n) is 13.5. The van der Waals surface area contributed by atoms with E-state index in [9.17, 15) is 8.94 Å². The van der Waals surface area contributed by atoms with Crippen molar-refractivity contribution in [2.24, 2.45) is 5.14 Å². The van der Waals surface area contributed by atoms with Gasteiger partial charge in [-0.15, -0.1) is 6.58 Å². The van der Waals surface area contributed by atoms with Gasteiger partial charge in [-0.2, -0.15) is 5.14 Å². The molecule has 0 radical (unpaired) electrons. The Morgan fingerprint density at radius 3 is 2.23 bits per heavy atom. The topological polar surface area (TPSA) is 67.5 Å². The number of benzene rings is 1. The molecule has 0 bridgehead atoms. The van der Waals surface area contributed by atoms with Crippen molar-refractivity contribution in [3.8, 4) is 11.5 Å². The zero-order valence-corrected chi connectivity index (χ0v) is 14.3. The van der Waals surface area contributed by atoms with Gasteiger partial charge in [0.15, 0.2) is 0 Å². The first kappa shape index (κ1) is 18.8. The summed E-state index contributed by atoms with van der Waals surface area (Å²) in [6.07, 6.45) is 2.90. The van der Waals surface area contributed by atoms with Crippen molar-refractivity contribution in [1.82, 2.24) is 0 Å². The molecule has 6 heteroatoms. The van der Waals surface area contributed by atoms with E-state index < -0.39 is 21.9 Å². The molecule has 0 aliphatic heterocycles. The highest BCUT2D eigenvalue weighted by molar-refractivity contribution is 7.90. The average molecular weight is 329 g/mol. The first-order chi connectivity index (χ1) is 10.3. The molecule has 0 saturated carbocycles. The maximum absolute atomic E-state index is 13.6. The molecule has 0 heterocycles. The highest BCUT2D eigenvalue weighted by Crippen LogP contribution is 2.42. The van der Waals surface area contributed by atoms with Gasteiger partial charge in [0, 0.05) is 35.5 Å². The van der Waals surface area contributed by atoms with Crippen LogP contribution in [0.2, 0.25) is 0 Å². The second kappa shape index (κ2) is 7.85. The summed E-state index contributed by atoms with van der Waals surface area (Å²) in [5.41, 5.74) is 0.741. The van der Waals surface area contributed by atoms with Gasteiger partial charge in [0.05, 0.1) is 14.2 Å². The first-order valence-corrected chi connectivity index (χ1v) is 8.16. The van der Waals surface area contributed by atoms with Crippen LogP contribution in [0.3, 0.4) is 0 Å². The third kappa shape index (κ3) is 4.38. The number of hydrogen-bond acceptors (Lipinski definition) is 4. The first-order valence-electron chi connectivity index (χ1n) is 6.95. The number of methoxy groups -OCH3 is 2. The lowest BCUT2D eigenvalue weighted by Crippen LogP contribution is -2.39. The molecule has 2 atom stereocenters. The molecule has 0 saturated heterocycles. The smallest absolute Gasteiger partial charge is 0.140 e. The second-order valence-electron chi connectivity index (χ2n) is 5.71. The van der Waals surface area contributed by atoms with Gasteiger partial charge in [-0.25, -0.2) is 4.39 Å². The minimum absolute atomic E-state index is 0.0921. The Morgan fingerprint density at radius 1 is 1.36 bits per heavy atom. The number of hydrogen-bond donors (Lipinski definition) is 1. The molecule has 4 nitrogen and oxygen atoms in total. The van der Waals surface area contributed by atoms with Gasteiger partial charge in [-0.05, 0) is 26.2 Å². The molecule has 0 aromatic heterocycles. The van der Waals surface area contributed by atoms with Crippen molar-refractivity contribution in [1.29, 1.82) is 0 Å². The van der Waals surface area contributed by atoms with Crippen LogP contribution in [0.4, 0.5) is 4.39 Å². The lowest BCUT2D eigenvalue weighted by Gasteiger charge is -2.30. The summed E-state index contributed by atoms with van der Waals surface area (Å²) in [7, 11) is 2.96. The van der Waals surface area contributed by atoms with Crippen LogP contribution in [0, 0.1) is 5.82 Å². The van der Waals surface area contributed by atoms with E-state index in [1.807, 2.05) is 13.8 Å².